The molecule has 0 amide bonds. The van der Waals surface area contributed by atoms with E-state index in [-0.39, 0.29) is 24.0 Å². The molecule has 10 heteroatoms. The molecule has 0 spiro atoms. The number of guanidine groups is 1. The Kier molecular flexibility index (Phi) is 14.7. The highest BCUT2D eigenvalue weighted by atomic mass is 127. The smallest absolute Gasteiger partial charge is 0.211 e. The monoisotopic (exact) mass is 520 g/mol. The third kappa shape index (κ3) is 10.8. The molecule has 8 nitrogen and oxygen atoms in total. The van der Waals surface area contributed by atoms with Gasteiger partial charge in [-0.3, -0.25) is 4.99 Å². The van der Waals surface area contributed by atoms with Gasteiger partial charge in [0, 0.05) is 60.1 Å². The normalized spacial score (nSPS) is 16.5. The maximum Gasteiger partial charge on any atom is 0.211 e. The fraction of sp³-hybridized carbons (Fsp3) is 0.941. The van der Waals surface area contributed by atoms with E-state index in [9.17, 15) is 8.42 Å². The summed E-state index contributed by atoms with van der Waals surface area (Å²) in [5.41, 5.74) is 0. The molecule has 0 aromatic heterocycles. The van der Waals surface area contributed by atoms with Crippen LogP contribution in [0.2, 0.25) is 0 Å². The number of sulfonamides is 1. The second kappa shape index (κ2) is 14.8. The molecule has 0 bridgehead atoms. The summed E-state index contributed by atoms with van der Waals surface area (Å²) in [5, 5.41) is 3.34. The van der Waals surface area contributed by atoms with Crippen molar-refractivity contribution in [3.05, 3.63) is 0 Å². The molecule has 0 saturated carbocycles. The van der Waals surface area contributed by atoms with Crippen molar-refractivity contribution in [1.29, 1.82) is 0 Å². The minimum atomic E-state index is -3.12. The van der Waals surface area contributed by atoms with E-state index in [0.29, 0.717) is 25.7 Å². The van der Waals surface area contributed by atoms with Gasteiger partial charge in [0.05, 0.1) is 12.4 Å². The molecule has 1 fully saturated rings. The van der Waals surface area contributed by atoms with Crippen LogP contribution >= 0.6 is 24.0 Å². The molecule has 1 aliphatic rings. The number of hydrogen-bond donors (Lipinski definition) is 1. The Morgan fingerprint density at radius 1 is 1.26 bits per heavy atom. The van der Waals surface area contributed by atoms with E-state index < -0.39 is 10.0 Å². The largest absolute Gasteiger partial charge is 0.385 e. The molecule has 1 saturated heterocycles. The second-order valence-electron chi connectivity index (χ2n) is 6.49. The SMILES string of the molecule is CCN(CCCNC(=NC)N1CCC(OCCCOC)CC1)S(C)(=O)=O.I. The fourth-order valence-corrected chi connectivity index (χ4v) is 3.96. The van der Waals surface area contributed by atoms with Gasteiger partial charge in [0.15, 0.2) is 5.96 Å². The Morgan fingerprint density at radius 3 is 2.44 bits per heavy atom. The zero-order valence-corrected chi connectivity index (χ0v) is 20.3. The predicted molar refractivity (Wildman–Crippen MR) is 121 cm³/mol. The summed E-state index contributed by atoms with van der Waals surface area (Å²) in [7, 11) is 0.372. The number of aliphatic imine (C=N–C) groups is 1. The van der Waals surface area contributed by atoms with Crippen molar-refractivity contribution >= 4 is 40.0 Å². The first-order valence-corrected chi connectivity index (χ1v) is 11.3. The summed E-state index contributed by atoms with van der Waals surface area (Å²) in [4.78, 5) is 6.59. The van der Waals surface area contributed by atoms with Gasteiger partial charge >= 0.3 is 0 Å². The van der Waals surface area contributed by atoms with Crippen molar-refractivity contribution in [2.75, 3.05) is 66.4 Å². The van der Waals surface area contributed by atoms with E-state index >= 15 is 0 Å². The molecule has 0 atom stereocenters. The van der Waals surface area contributed by atoms with Gasteiger partial charge in [-0.15, -0.1) is 24.0 Å². The van der Waals surface area contributed by atoms with Crippen LogP contribution in [0.15, 0.2) is 4.99 Å². The van der Waals surface area contributed by atoms with Gasteiger partial charge in [-0.05, 0) is 25.7 Å². The molecule has 1 N–H and O–H groups in total. The van der Waals surface area contributed by atoms with Gasteiger partial charge in [-0.2, -0.15) is 0 Å². The Bertz CT molecular complexity index is 511. The van der Waals surface area contributed by atoms with E-state index in [1.165, 1.54) is 10.6 Å². The third-order valence-electron chi connectivity index (χ3n) is 4.49. The van der Waals surface area contributed by atoms with Gasteiger partial charge in [-0.25, -0.2) is 12.7 Å². The van der Waals surface area contributed by atoms with Crippen molar-refractivity contribution in [3.63, 3.8) is 0 Å². The summed E-state index contributed by atoms with van der Waals surface area (Å²) in [6.45, 7) is 6.91. The number of methoxy groups -OCH3 is 1. The van der Waals surface area contributed by atoms with Crippen molar-refractivity contribution in [1.82, 2.24) is 14.5 Å². The van der Waals surface area contributed by atoms with E-state index in [4.69, 9.17) is 9.47 Å². The van der Waals surface area contributed by atoms with E-state index in [0.717, 1.165) is 57.9 Å². The molecule has 0 aromatic rings. The Morgan fingerprint density at radius 2 is 1.93 bits per heavy atom. The van der Waals surface area contributed by atoms with Crippen LogP contribution in [0.4, 0.5) is 0 Å². The number of nitrogens with one attached hydrogen (secondary N) is 1. The predicted octanol–water partition coefficient (Wildman–Crippen LogP) is 1.37. The highest BCUT2D eigenvalue weighted by Gasteiger charge is 2.21. The molecule has 1 heterocycles. The minimum absolute atomic E-state index is 0. The van der Waals surface area contributed by atoms with Crippen molar-refractivity contribution in [2.45, 2.75) is 38.7 Å². The second-order valence-corrected chi connectivity index (χ2v) is 8.47. The molecule has 27 heavy (non-hydrogen) atoms. The fourth-order valence-electron chi connectivity index (χ4n) is 3.03. The van der Waals surface area contributed by atoms with Crippen LogP contribution in [0.1, 0.15) is 32.6 Å². The van der Waals surface area contributed by atoms with Crippen LogP contribution in [-0.4, -0.2) is 96.0 Å². The minimum Gasteiger partial charge on any atom is -0.385 e. The summed E-state index contributed by atoms with van der Waals surface area (Å²) < 4.78 is 35.6. The topological polar surface area (TPSA) is 83.5 Å². The van der Waals surface area contributed by atoms with Crippen molar-refractivity contribution < 1.29 is 17.9 Å². The Balaban J connectivity index is 0.00000676. The molecule has 162 valence electrons. The summed E-state index contributed by atoms with van der Waals surface area (Å²) in [6.07, 6.45) is 5.23. The zero-order valence-electron chi connectivity index (χ0n) is 17.1. The number of piperidine rings is 1. The molecule has 0 aliphatic carbocycles. The van der Waals surface area contributed by atoms with Crippen LogP contribution in [0.3, 0.4) is 0 Å². The van der Waals surface area contributed by atoms with E-state index in [1.807, 2.05) is 6.92 Å². The molecule has 0 radical (unpaired) electrons. The first-order valence-electron chi connectivity index (χ1n) is 9.43. The Labute approximate surface area is 182 Å². The van der Waals surface area contributed by atoms with Gasteiger partial charge in [0.25, 0.3) is 0 Å². The zero-order chi connectivity index (χ0) is 19.4. The third-order valence-corrected chi connectivity index (χ3v) is 5.87. The summed E-state index contributed by atoms with van der Waals surface area (Å²) >= 11 is 0. The molecule has 1 rings (SSSR count). The lowest BCUT2D eigenvalue weighted by atomic mass is 10.1. The standard InChI is InChI=1S/C17H36N4O4S.HI/c1-5-21(26(4,22)23)11-6-10-19-17(18-2)20-12-8-16(9-13-20)25-15-7-14-24-3;/h16H,5-15H2,1-4H3,(H,18,19);1H. The highest BCUT2D eigenvalue weighted by molar-refractivity contribution is 14.0. The molecule has 1 aliphatic heterocycles. The quantitative estimate of drug-likeness (QED) is 0.192. The van der Waals surface area contributed by atoms with Crippen LogP contribution in [0.5, 0.6) is 0 Å². The number of likely N-dealkylation sites (tertiary alicyclic amines) is 1. The van der Waals surface area contributed by atoms with Gasteiger partial charge in [0.2, 0.25) is 10.0 Å². The maximum atomic E-state index is 11.6. The maximum absolute atomic E-state index is 11.6. The lowest BCUT2D eigenvalue weighted by molar-refractivity contribution is 0.00991. The van der Waals surface area contributed by atoms with E-state index in [1.54, 1.807) is 14.2 Å². The highest BCUT2D eigenvalue weighted by Crippen LogP contribution is 2.14. The lowest BCUT2D eigenvalue weighted by Gasteiger charge is -2.34. The Hall–Kier alpha value is -0.170. The molecule has 0 unspecified atom stereocenters. The van der Waals surface area contributed by atoms with Crippen molar-refractivity contribution in [2.24, 2.45) is 4.99 Å². The van der Waals surface area contributed by atoms with Crippen LogP contribution in [0, 0.1) is 0 Å². The molecule has 0 aromatic carbocycles. The molecular formula is C17H37IN4O4S. The van der Waals surface area contributed by atoms with Crippen LogP contribution in [-0.2, 0) is 19.5 Å². The van der Waals surface area contributed by atoms with Gasteiger partial charge in [-0.1, -0.05) is 6.92 Å². The number of rotatable bonds is 11. The number of halogens is 1. The number of hydrogen-bond acceptors (Lipinski definition) is 5. The van der Waals surface area contributed by atoms with E-state index in [2.05, 4.69) is 15.2 Å². The summed E-state index contributed by atoms with van der Waals surface area (Å²) in [6, 6.07) is 0. The van der Waals surface area contributed by atoms with Gasteiger partial charge in [0.1, 0.15) is 0 Å². The van der Waals surface area contributed by atoms with Crippen molar-refractivity contribution in [3.8, 4) is 0 Å². The molecular weight excluding hydrogens is 483 g/mol. The first kappa shape index (κ1) is 26.8. The average molecular weight is 520 g/mol. The number of ether oxygens (including phenoxy) is 2. The average Bonchev–Trinajstić information content (AvgIpc) is 2.61. The van der Waals surface area contributed by atoms with Crippen LogP contribution < -0.4 is 5.32 Å². The van der Waals surface area contributed by atoms with Gasteiger partial charge < -0.3 is 19.7 Å². The summed E-state index contributed by atoms with van der Waals surface area (Å²) in [5.74, 6) is 0.880. The first-order chi connectivity index (χ1) is 12.4. The van der Waals surface area contributed by atoms with Crippen LogP contribution in [0.25, 0.3) is 0 Å². The lowest BCUT2D eigenvalue weighted by Crippen LogP contribution is -2.47. The number of nitrogens with zero attached hydrogens (tertiary/aromatic N) is 3.